The number of hydrogen-bond acceptors (Lipinski definition) is 5. The number of halogens is 1. The van der Waals surface area contributed by atoms with Gasteiger partial charge in [-0.2, -0.15) is 0 Å². The summed E-state index contributed by atoms with van der Waals surface area (Å²) in [5.74, 6) is 0.0211. The fourth-order valence-electron chi connectivity index (χ4n) is 1.12. The smallest absolute Gasteiger partial charge is 0.227 e. The van der Waals surface area contributed by atoms with Crippen LogP contribution in [0.15, 0.2) is 45.6 Å². The van der Waals surface area contributed by atoms with Gasteiger partial charge in [-0.3, -0.25) is 4.79 Å². The molecule has 1 amide bonds. The van der Waals surface area contributed by atoms with E-state index in [1.807, 2.05) is 36.4 Å². The van der Waals surface area contributed by atoms with Crippen molar-refractivity contribution in [1.82, 2.24) is 0 Å². The van der Waals surface area contributed by atoms with Crippen LogP contribution < -0.4 is 10.4 Å². The van der Waals surface area contributed by atoms with E-state index in [1.54, 1.807) is 20.7 Å². The lowest BCUT2D eigenvalue weighted by atomic mass is 10.3. The molecule has 18 heavy (non-hydrogen) atoms. The molecule has 1 heterocycles. The lowest BCUT2D eigenvalue weighted by Crippen LogP contribution is -2.12. The van der Waals surface area contributed by atoms with Crippen LogP contribution in [-0.2, 0) is 4.79 Å². The molecule has 0 saturated carbocycles. The van der Waals surface area contributed by atoms with Crippen molar-refractivity contribution in [2.45, 2.75) is 4.21 Å². The Bertz CT molecular complexity index is 565. The van der Waals surface area contributed by atoms with Crippen LogP contribution in [-0.4, -0.2) is 11.7 Å². The third kappa shape index (κ3) is 5.09. The molecule has 0 bridgehead atoms. The second-order valence-corrected chi connectivity index (χ2v) is 6.64. The van der Waals surface area contributed by atoms with Crippen LogP contribution in [0.2, 0.25) is 0 Å². The van der Waals surface area contributed by atoms with Gasteiger partial charge in [0.05, 0.1) is 15.6 Å². The molecule has 0 saturated heterocycles. The zero-order valence-corrected chi connectivity index (χ0v) is 14.0. The topological polar surface area (TPSA) is 55.5 Å². The van der Waals surface area contributed by atoms with Crippen molar-refractivity contribution in [3.05, 3.63) is 41.1 Å². The van der Waals surface area contributed by atoms with Crippen molar-refractivity contribution < 1.29 is 4.79 Å². The van der Waals surface area contributed by atoms with E-state index in [0.717, 1.165) is 14.6 Å². The van der Waals surface area contributed by atoms with Crippen molar-refractivity contribution in [3.63, 3.8) is 0 Å². The molecule has 2 rings (SSSR count). The molecule has 7 heteroatoms. The Hall–Kier alpha value is -0.380. The van der Waals surface area contributed by atoms with Crippen LogP contribution >= 0.6 is 56.4 Å². The highest BCUT2D eigenvalue weighted by atomic mass is 127. The highest BCUT2D eigenvalue weighted by Crippen LogP contribution is 2.24. The van der Waals surface area contributed by atoms with Gasteiger partial charge in [-0.25, -0.2) is 4.99 Å². The molecule has 2 N–H and O–H groups in total. The molecule has 0 atom stereocenters. The van der Waals surface area contributed by atoms with Gasteiger partial charge in [0.1, 0.15) is 4.67 Å². The number of para-hydroxylation sites is 1. The molecule has 0 aliphatic rings. The summed E-state index contributed by atoms with van der Waals surface area (Å²) in [4.78, 5) is 15.1. The number of carbonyl (C=O) groups is 1. The van der Waals surface area contributed by atoms with Crippen LogP contribution in [0.1, 0.15) is 0 Å². The third-order valence-electron chi connectivity index (χ3n) is 1.80. The fraction of sp³-hybridized carbons (Fsp3) is 0.0909. The predicted molar refractivity (Wildman–Crippen MR) is 89.2 cm³/mol. The highest BCUT2D eigenvalue weighted by Gasteiger charge is 2.00. The number of hydrogen-bond donors (Lipinski definition) is 1. The van der Waals surface area contributed by atoms with E-state index >= 15 is 0 Å². The Labute approximate surface area is 134 Å². The first kappa shape index (κ1) is 15.7. The second-order valence-electron chi connectivity index (χ2n) is 3.17. The first-order valence-corrected chi connectivity index (χ1v) is 7.98. The average molecular weight is 410 g/mol. The minimum absolute atomic E-state index is 0. The van der Waals surface area contributed by atoms with Gasteiger partial charge in [-0.1, -0.05) is 38.9 Å². The number of rotatable bonds is 4. The van der Waals surface area contributed by atoms with E-state index in [2.05, 4.69) is 4.99 Å². The monoisotopic (exact) mass is 410 g/mol. The lowest BCUT2D eigenvalue weighted by Gasteiger charge is -1.90. The van der Waals surface area contributed by atoms with Gasteiger partial charge in [0, 0.05) is 0 Å². The van der Waals surface area contributed by atoms with E-state index in [-0.39, 0.29) is 29.9 Å². The Morgan fingerprint density at radius 3 is 2.67 bits per heavy atom. The SMILES string of the molecule is I.NC(=O)CSc1c/c(=N/c2ccccc2)ss1. The summed E-state index contributed by atoms with van der Waals surface area (Å²) in [6.07, 6.45) is 0. The predicted octanol–water partition coefficient (Wildman–Crippen LogP) is 3.24. The largest absolute Gasteiger partial charge is 0.369 e. The Morgan fingerprint density at radius 2 is 2.00 bits per heavy atom. The van der Waals surface area contributed by atoms with Crippen molar-refractivity contribution in [1.29, 1.82) is 0 Å². The molecule has 0 aliphatic heterocycles. The zero-order valence-electron chi connectivity index (χ0n) is 9.24. The maximum absolute atomic E-state index is 10.7. The van der Waals surface area contributed by atoms with Crippen molar-refractivity contribution >= 4 is 68.0 Å². The quantitative estimate of drug-likeness (QED) is 0.478. The van der Waals surface area contributed by atoms with Crippen molar-refractivity contribution in [3.8, 4) is 0 Å². The maximum Gasteiger partial charge on any atom is 0.227 e. The molecule has 0 aliphatic carbocycles. The molecular weight excluding hydrogens is 399 g/mol. The van der Waals surface area contributed by atoms with Gasteiger partial charge in [0.15, 0.2) is 0 Å². The molecule has 2 aromatic rings. The van der Waals surface area contributed by atoms with Crippen LogP contribution in [0.3, 0.4) is 0 Å². The zero-order chi connectivity index (χ0) is 12.1. The maximum atomic E-state index is 10.7. The number of nitrogens with two attached hydrogens (primary N) is 1. The molecule has 1 aromatic carbocycles. The summed E-state index contributed by atoms with van der Waals surface area (Å²) in [5.41, 5.74) is 6.03. The summed E-state index contributed by atoms with van der Waals surface area (Å²) in [5, 5.41) is 0. The molecule has 0 fully saturated rings. The average Bonchev–Trinajstić information content (AvgIpc) is 2.75. The van der Waals surface area contributed by atoms with Gasteiger partial charge in [-0.15, -0.1) is 35.7 Å². The molecule has 96 valence electrons. The summed E-state index contributed by atoms with van der Waals surface area (Å²) >= 11 is 1.45. The van der Waals surface area contributed by atoms with E-state index < -0.39 is 0 Å². The number of nitrogens with zero attached hydrogens (tertiary/aromatic N) is 1. The second kappa shape index (κ2) is 7.93. The Kier molecular flexibility index (Phi) is 6.90. The van der Waals surface area contributed by atoms with E-state index in [4.69, 9.17) is 5.73 Å². The summed E-state index contributed by atoms with van der Waals surface area (Å²) in [7, 11) is 3.21. The standard InChI is InChI=1S/C11H10N2OS3.HI/c12-9(14)7-15-11-6-10(16-17-11)13-8-4-2-1-3-5-8;/h1-6H,7H2,(H2,12,14);1H/b13-10-;. The number of carbonyl (C=O) groups excluding carboxylic acids is 1. The highest BCUT2D eigenvalue weighted by molar-refractivity contribution is 14.0. The van der Waals surface area contributed by atoms with E-state index in [1.165, 1.54) is 11.8 Å². The summed E-state index contributed by atoms with van der Waals surface area (Å²) in [6.45, 7) is 0. The Morgan fingerprint density at radius 1 is 1.28 bits per heavy atom. The van der Waals surface area contributed by atoms with Crippen LogP contribution in [0.4, 0.5) is 5.69 Å². The van der Waals surface area contributed by atoms with Crippen molar-refractivity contribution in [2.24, 2.45) is 10.7 Å². The molecule has 0 radical (unpaired) electrons. The van der Waals surface area contributed by atoms with Gasteiger partial charge in [0.2, 0.25) is 5.91 Å². The fourth-order valence-corrected chi connectivity index (χ4v) is 4.40. The number of amides is 1. The lowest BCUT2D eigenvalue weighted by molar-refractivity contribution is -0.115. The van der Waals surface area contributed by atoms with E-state index in [9.17, 15) is 4.79 Å². The third-order valence-corrected chi connectivity index (χ3v) is 5.60. The van der Waals surface area contributed by atoms with Crippen LogP contribution in [0.25, 0.3) is 0 Å². The molecule has 3 nitrogen and oxygen atoms in total. The van der Waals surface area contributed by atoms with E-state index in [0.29, 0.717) is 5.75 Å². The molecule has 1 aromatic heterocycles. The first-order valence-electron chi connectivity index (χ1n) is 4.85. The number of thioether (sulfide) groups is 1. The van der Waals surface area contributed by atoms with Gasteiger partial charge in [0.25, 0.3) is 0 Å². The normalized spacial score (nSPS) is 11.0. The number of benzene rings is 1. The molecule has 0 unspecified atom stereocenters. The first-order chi connectivity index (χ1) is 8.24. The summed E-state index contributed by atoms with van der Waals surface area (Å²) in [6, 6.07) is 11.8. The Balaban J connectivity index is 0.00000162. The van der Waals surface area contributed by atoms with Gasteiger partial charge in [-0.05, 0) is 18.2 Å². The molecule has 0 spiro atoms. The minimum atomic E-state index is -0.296. The van der Waals surface area contributed by atoms with Crippen LogP contribution in [0, 0.1) is 0 Å². The minimum Gasteiger partial charge on any atom is -0.369 e. The van der Waals surface area contributed by atoms with Gasteiger partial charge >= 0.3 is 0 Å². The summed E-state index contributed by atoms with van der Waals surface area (Å²) < 4.78 is 2.02. The number of primary amides is 1. The molecular formula is C11H11IN2OS3. The van der Waals surface area contributed by atoms with Crippen molar-refractivity contribution in [2.75, 3.05) is 5.75 Å². The van der Waals surface area contributed by atoms with Crippen LogP contribution in [0.5, 0.6) is 0 Å². The van der Waals surface area contributed by atoms with Gasteiger partial charge < -0.3 is 5.73 Å².